The summed E-state index contributed by atoms with van der Waals surface area (Å²) >= 11 is 4.08. The Morgan fingerprint density at radius 2 is 1.58 bits per heavy atom. The van der Waals surface area contributed by atoms with Crippen LogP contribution < -0.4 is 33.2 Å². The number of carbonyl (C=O) groups is 5. The first-order valence-corrected chi connectivity index (χ1v) is 12.7. The third-order valence-electron chi connectivity index (χ3n) is 5.87. The predicted octanol–water partition coefficient (Wildman–Crippen LogP) is -1.49. The monoisotopic (exact) mass is 549 g/mol. The molecule has 0 aliphatic carbocycles. The van der Waals surface area contributed by atoms with Crippen molar-refractivity contribution in [2.75, 3.05) is 12.3 Å². The Morgan fingerprint density at radius 3 is 2.21 bits per heavy atom. The molecule has 1 heterocycles. The molecule has 0 spiro atoms. The van der Waals surface area contributed by atoms with E-state index in [2.05, 4.69) is 33.6 Å². The SMILES string of the molecule is NCCCCC(N)C(=O)NC(CS)C(=O)NC(CC(N)=O)C(=O)NC(Cc1c[nH]c2ccccc12)C(=O)O. The molecular formula is C24H35N7O6S. The Kier molecular flexibility index (Phi) is 12.0. The van der Waals surface area contributed by atoms with Gasteiger partial charge in [-0.25, -0.2) is 4.79 Å². The highest BCUT2D eigenvalue weighted by molar-refractivity contribution is 7.80. The molecule has 0 radical (unpaired) electrons. The number of nitrogens with two attached hydrogens (primary N) is 3. The van der Waals surface area contributed by atoms with Crippen LogP contribution in [-0.2, 0) is 30.4 Å². The van der Waals surface area contributed by atoms with Crippen LogP contribution in [0.1, 0.15) is 31.2 Å². The highest BCUT2D eigenvalue weighted by Crippen LogP contribution is 2.19. The van der Waals surface area contributed by atoms with Gasteiger partial charge in [0.15, 0.2) is 0 Å². The van der Waals surface area contributed by atoms with Crippen LogP contribution in [0.4, 0.5) is 0 Å². The van der Waals surface area contributed by atoms with E-state index in [1.54, 1.807) is 12.3 Å². The minimum absolute atomic E-state index is 0.0559. The molecule has 0 saturated carbocycles. The number of primary amides is 1. The van der Waals surface area contributed by atoms with Crippen molar-refractivity contribution >= 4 is 53.1 Å². The third-order valence-corrected chi connectivity index (χ3v) is 6.24. The number of H-pyrrole nitrogens is 1. The van der Waals surface area contributed by atoms with Gasteiger partial charge in [0.25, 0.3) is 0 Å². The number of hydrogen-bond donors (Lipinski definition) is 9. The molecule has 0 bridgehead atoms. The van der Waals surface area contributed by atoms with Gasteiger partial charge >= 0.3 is 5.97 Å². The van der Waals surface area contributed by atoms with Gasteiger partial charge < -0.3 is 43.2 Å². The van der Waals surface area contributed by atoms with Crippen LogP contribution in [-0.4, -0.2) is 76.2 Å². The molecule has 38 heavy (non-hydrogen) atoms. The molecule has 14 heteroatoms. The fraction of sp³-hybridized carbons (Fsp3) is 0.458. The highest BCUT2D eigenvalue weighted by Gasteiger charge is 2.31. The molecule has 13 nitrogen and oxygen atoms in total. The summed E-state index contributed by atoms with van der Waals surface area (Å²) < 4.78 is 0. The quantitative estimate of drug-likeness (QED) is 0.0881. The lowest BCUT2D eigenvalue weighted by molar-refractivity contribution is -0.142. The van der Waals surface area contributed by atoms with Gasteiger partial charge in [-0.3, -0.25) is 19.2 Å². The van der Waals surface area contributed by atoms with Crippen LogP contribution in [0.15, 0.2) is 30.5 Å². The van der Waals surface area contributed by atoms with E-state index in [-0.39, 0.29) is 12.2 Å². The second kappa shape index (κ2) is 15.0. The van der Waals surface area contributed by atoms with E-state index in [4.69, 9.17) is 17.2 Å². The van der Waals surface area contributed by atoms with Crippen LogP contribution in [0.3, 0.4) is 0 Å². The predicted molar refractivity (Wildman–Crippen MR) is 144 cm³/mol. The number of amides is 4. The second-order valence-electron chi connectivity index (χ2n) is 8.83. The minimum atomic E-state index is -1.48. The van der Waals surface area contributed by atoms with Gasteiger partial charge in [0, 0.05) is 29.3 Å². The van der Waals surface area contributed by atoms with Gasteiger partial charge in [-0.2, -0.15) is 12.6 Å². The van der Waals surface area contributed by atoms with E-state index in [1.165, 1.54) is 0 Å². The molecule has 0 aliphatic rings. The van der Waals surface area contributed by atoms with Crippen LogP contribution in [0.2, 0.25) is 0 Å². The van der Waals surface area contributed by atoms with Gasteiger partial charge in [-0.1, -0.05) is 24.6 Å². The minimum Gasteiger partial charge on any atom is -0.480 e. The Labute approximate surface area is 225 Å². The molecule has 0 fully saturated rings. The van der Waals surface area contributed by atoms with E-state index in [0.29, 0.717) is 31.4 Å². The molecule has 11 N–H and O–H groups in total. The summed E-state index contributed by atoms with van der Waals surface area (Å²) in [5.74, 6) is -4.66. The first-order chi connectivity index (χ1) is 18.1. The number of aliphatic carboxylic acids is 1. The van der Waals surface area contributed by atoms with Crippen molar-refractivity contribution in [3.05, 3.63) is 36.0 Å². The zero-order valence-corrected chi connectivity index (χ0v) is 21.7. The molecule has 4 amide bonds. The van der Waals surface area contributed by atoms with Crippen molar-refractivity contribution in [3.8, 4) is 0 Å². The Balaban J connectivity index is 2.09. The normalized spacial score (nSPS) is 14.2. The zero-order valence-electron chi connectivity index (χ0n) is 20.8. The summed E-state index contributed by atoms with van der Waals surface area (Å²) in [7, 11) is 0. The lowest BCUT2D eigenvalue weighted by Crippen LogP contribution is -2.58. The summed E-state index contributed by atoms with van der Waals surface area (Å²) in [6, 6.07) is 2.38. The molecule has 4 atom stereocenters. The first kappa shape index (κ1) is 30.6. The number of carbonyl (C=O) groups excluding carboxylic acids is 4. The van der Waals surface area contributed by atoms with E-state index in [9.17, 15) is 29.1 Å². The van der Waals surface area contributed by atoms with Crippen molar-refractivity contribution in [1.29, 1.82) is 0 Å². The summed E-state index contributed by atoms with van der Waals surface area (Å²) in [5.41, 5.74) is 18.0. The standard InChI is InChI=1S/C24H35N7O6S/c25-8-4-3-6-15(26)21(33)31-19(12-38)23(35)29-17(10-20(27)32)22(34)30-18(24(36)37)9-13-11-28-16-7-2-1-5-14(13)16/h1-2,5,7,11,15,17-19,28,38H,3-4,6,8-10,12,25-26H2,(H2,27,32)(H,29,35)(H,30,34)(H,31,33)(H,36,37). The lowest BCUT2D eigenvalue weighted by atomic mass is 10.0. The number of carboxylic acid groups (broad SMARTS) is 1. The molecule has 4 unspecified atom stereocenters. The number of nitrogens with one attached hydrogen (secondary N) is 4. The summed E-state index contributed by atoms with van der Waals surface area (Å²) in [6.45, 7) is 0.462. The molecule has 1 aromatic carbocycles. The average Bonchev–Trinajstić information content (AvgIpc) is 3.28. The summed E-state index contributed by atoms with van der Waals surface area (Å²) in [6.07, 6.45) is 2.69. The number of carboxylic acids is 1. The number of aromatic nitrogens is 1. The van der Waals surface area contributed by atoms with E-state index >= 15 is 0 Å². The largest absolute Gasteiger partial charge is 0.480 e. The van der Waals surface area contributed by atoms with Crippen molar-refractivity contribution in [2.24, 2.45) is 17.2 Å². The number of unbranched alkanes of at least 4 members (excludes halogenated alkanes) is 1. The maximum atomic E-state index is 13.0. The summed E-state index contributed by atoms with van der Waals surface area (Å²) in [5, 5.41) is 17.7. The van der Waals surface area contributed by atoms with Gasteiger partial charge in [0.05, 0.1) is 12.5 Å². The molecular weight excluding hydrogens is 514 g/mol. The lowest BCUT2D eigenvalue weighted by Gasteiger charge is -2.24. The zero-order chi connectivity index (χ0) is 28.2. The smallest absolute Gasteiger partial charge is 0.326 e. The molecule has 208 valence electrons. The van der Waals surface area contributed by atoms with E-state index < -0.39 is 60.2 Å². The van der Waals surface area contributed by atoms with Crippen molar-refractivity contribution < 1.29 is 29.1 Å². The van der Waals surface area contributed by atoms with Gasteiger partial charge in [0.1, 0.15) is 18.1 Å². The summed E-state index contributed by atoms with van der Waals surface area (Å²) in [4.78, 5) is 64.7. The van der Waals surface area contributed by atoms with Crippen LogP contribution in [0.25, 0.3) is 10.9 Å². The van der Waals surface area contributed by atoms with Crippen LogP contribution >= 0.6 is 12.6 Å². The number of fused-ring (bicyclic) bond motifs is 1. The molecule has 1 aromatic heterocycles. The number of para-hydroxylation sites is 1. The molecule has 2 rings (SSSR count). The number of thiol groups is 1. The molecule has 2 aromatic rings. The average molecular weight is 550 g/mol. The fourth-order valence-corrected chi connectivity index (χ4v) is 4.05. The second-order valence-corrected chi connectivity index (χ2v) is 9.19. The van der Waals surface area contributed by atoms with Crippen LogP contribution in [0, 0.1) is 0 Å². The Morgan fingerprint density at radius 1 is 0.947 bits per heavy atom. The maximum Gasteiger partial charge on any atom is 0.326 e. The van der Waals surface area contributed by atoms with E-state index in [1.807, 2.05) is 18.2 Å². The third kappa shape index (κ3) is 9.04. The fourth-order valence-electron chi connectivity index (χ4n) is 3.79. The van der Waals surface area contributed by atoms with Crippen molar-refractivity contribution in [3.63, 3.8) is 0 Å². The first-order valence-electron chi connectivity index (χ1n) is 12.1. The van der Waals surface area contributed by atoms with Crippen molar-refractivity contribution in [1.82, 2.24) is 20.9 Å². The van der Waals surface area contributed by atoms with Crippen LogP contribution in [0.5, 0.6) is 0 Å². The number of rotatable bonds is 16. The van der Waals surface area contributed by atoms with E-state index in [0.717, 1.165) is 10.9 Å². The topological polar surface area (TPSA) is 236 Å². The molecule has 0 aliphatic heterocycles. The number of hydrogen-bond acceptors (Lipinski definition) is 8. The number of aromatic amines is 1. The van der Waals surface area contributed by atoms with Gasteiger partial charge in [-0.05, 0) is 31.0 Å². The number of benzene rings is 1. The van der Waals surface area contributed by atoms with Gasteiger partial charge in [0.2, 0.25) is 23.6 Å². The van der Waals surface area contributed by atoms with Crippen molar-refractivity contribution in [2.45, 2.75) is 56.3 Å². The molecule has 0 saturated heterocycles. The van der Waals surface area contributed by atoms with Gasteiger partial charge in [-0.15, -0.1) is 0 Å². The highest BCUT2D eigenvalue weighted by atomic mass is 32.1. The Hall–Kier alpha value is -3.62. The maximum absolute atomic E-state index is 13.0. The Bertz CT molecular complexity index is 1140.